The number of nitro benzene ring substituents is 1. The number of benzene rings is 1. The Morgan fingerprint density at radius 3 is 2.67 bits per heavy atom. The molecule has 1 aromatic carbocycles. The van der Waals surface area contributed by atoms with Crippen molar-refractivity contribution in [2.24, 2.45) is 0 Å². The zero-order valence-electron chi connectivity index (χ0n) is 10.7. The molecule has 1 amide bonds. The first-order valence-corrected chi connectivity index (χ1v) is 5.68. The molecule has 0 bridgehead atoms. The second kappa shape index (κ2) is 6.11. The molecule has 18 heavy (non-hydrogen) atoms. The lowest BCUT2D eigenvalue weighted by Gasteiger charge is -2.09. The highest BCUT2D eigenvalue weighted by molar-refractivity contribution is 5.94. The number of hydrogen-bond donors (Lipinski definition) is 2. The Kier molecular flexibility index (Phi) is 4.79. The average molecular weight is 251 g/mol. The number of aryl methyl sites for hydroxylation is 1. The summed E-state index contributed by atoms with van der Waals surface area (Å²) in [5.41, 5.74) is 0.988. The van der Waals surface area contributed by atoms with E-state index in [0.717, 1.165) is 5.56 Å². The minimum absolute atomic E-state index is 0.0986. The van der Waals surface area contributed by atoms with Gasteiger partial charge in [-0.2, -0.15) is 0 Å². The normalized spacial score (nSPS) is 10.4. The molecule has 0 aliphatic heterocycles. The maximum atomic E-state index is 11.6. The third-order valence-electron chi connectivity index (χ3n) is 2.29. The number of carbonyl (C=O) groups is 1. The standard InChI is InChI=1S/C12H17N3O3/c1-8(2)13-7-12(16)14-10-6-9(3)4-5-11(10)15(17)18/h4-6,8,13H,7H2,1-3H3,(H,14,16). The molecule has 0 radical (unpaired) electrons. The molecule has 6 heteroatoms. The van der Waals surface area contributed by atoms with Crippen LogP contribution >= 0.6 is 0 Å². The first-order valence-electron chi connectivity index (χ1n) is 5.68. The highest BCUT2D eigenvalue weighted by atomic mass is 16.6. The minimum atomic E-state index is -0.509. The van der Waals surface area contributed by atoms with Crippen LogP contribution in [-0.2, 0) is 4.79 Å². The van der Waals surface area contributed by atoms with E-state index in [2.05, 4.69) is 10.6 Å². The van der Waals surface area contributed by atoms with Crippen molar-refractivity contribution in [3.8, 4) is 0 Å². The third kappa shape index (κ3) is 4.14. The second-order valence-corrected chi connectivity index (χ2v) is 4.36. The van der Waals surface area contributed by atoms with Crippen LogP contribution in [0.3, 0.4) is 0 Å². The quantitative estimate of drug-likeness (QED) is 0.617. The number of carbonyl (C=O) groups excluding carboxylic acids is 1. The van der Waals surface area contributed by atoms with Gasteiger partial charge < -0.3 is 10.6 Å². The van der Waals surface area contributed by atoms with Crippen LogP contribution in [0.5, 0.6) is 0 Å². The van der Waals surface area contributed by atoms with Gasteiger partial charge >= 0.3 is 0 Å². The van der Waals surface area contributed by atoms with Gasteiger partial charge in [0.2, 0.25) is 5.91 Å². The van der Waals surface area contributed by atoms with Crippen molar-refractivity contribution in [2.75, 3.05) is 11.9 Å². The molecule has 0 saturated carbocycles. The van der Waals surface area contributed by atoms with Crippen LogP contribution in [0.2, 0.25) is 0 Å². The fourth-order valence-electron chi connectivity index (χ4n) is 1.40. The average Bonchev–Trinajstić information content (AvgIpc) is 2.26. The highest BCUT2D eigenvalue weighted by Crippen LogP contribution is 2.24. The van der Waals surface area contributed by atoms with Crippen LogP contribution in [0.25, 0.3) is 0 Å². The lowest BCUT2D eigenvalue weighted by atomic mass is 10.2. The number of hydrogen-bond acceptors (Lipinski definition) is 4. The Morgan fingerprint density at radius 2 is 2.11 bits per heavy atom. The molecule has 0 atom stereocenters. The molecular weight excluding hydrogens is 234 g/mol. The molecule has 0 saturated heterocycles. The van der Waals surface area contributed by atoms with Crippen molar-refractivity contribution in [1.29, 1.82) is 0 Å². The summed E-state index contributed by atoms with van der Waals surface area (Å²) in [5, 5.41) is 16.3. The van der Waals surface area contributed by atoms with Crippen LogP contribution in [0, 0.1) is 17.0 Å². The summed E-state index contributed by atoms with van der Waals surface area (Å²) in [6.45, 7) is 5.78. The molecule has 0 spiro atoms. The van der Waals surface area contributed by atoms with E-state index in [0.29, 0.717) is 0 Å². The lowest BCUT2D eigenvalue weighted by Crippen LogP contribution is -2.32. The Morgan fingerprint density at radius 1 is 1.44 bits per heavy atom. The molecule has 0 unspecified atom stereocenters. The molecule has 1 rings (SSSR count). The minimum Gasteiger partial charge on any atom is -0.319 e. The molecule has 0 aliphatic carbocycles. The van der Waals surface area contributed by atoms with Crippen LogP contribution in [0.15, 0.2) is 18.2 Å². The van der Waals surface area contributed by atoms with Crippen LogP contribution in [-0.4, -0.2) is 23.4 Å². The maximum Gasteiger partial charge on any atom is 0.292 e. The molecular formula is C12H17N3O3. The van der Waals surface area contributed by atoms with Crippen LogP contribution < -0.4 is 10.6 Å². The summed E-state index contributed by atoms with van der Waals surface area (Å²) < 4.78 is 0. The predicted octanol–water partition coefficient (Wildman–Crippen LogP) is 1.84. The summed E-state index contributed by atoms with van der Waals surface area (Å²) in [6, 6.07) is 4.80. The molecule has 0 aliphatic rings. The molecule has 0 heterocycles. The number of nitrogens with one attached hydrogen (secondary N) is 2. The number of amides is 1. The molecule has 1 aromatic rings. The van der Waals surface area contributed by atoms with Crippen molar-refractivity contribution in [1.82, 2.24) is 5.32 Å². The summed E-state index contributed by atoms with van der Waals surface area (Å²) in [6.07, 6.45) is 0. The largest absolute Gasteiger partial charge is 0.319 e. The number of rotatable bonds is 5. The van der Waals surface area contributed by atoms with Crippen molar-refractivity contribution < 1.29 is 9.72 Å². The van der Waals surface area contributed by atoms with E-state index in [1.165, 1.54) is 6.07 Å². The molecule has 98 valence electrons. The number of nitro groups is 1. The molecule has 0 fully saturated rings. The summed E-state index contributed by atoms with van der Waals surface area (Å²) in [5.74, 6) is -0.294. The Balaban J connectivity index is 2.79. The zero-order chi connectivity index (χ0) is 13.7. The second-order valence-electron chi connectivity index (χ2n) is 4.36. The van der Waals surface area contributed by atoms with Gasteiger partial charge in [-0.05, 0) is 18.6 Å². The van der Waals surface area contributed by atoms with E-state index in [9.17, 15) is 14.9 Å². The van der Waals surface area contributed by atoms with E-state index >= 15 is 0 Å². The van der Waals surface area contributed by atoms with Gasteiger partial charge in [-0.1, -0.05) is 19.9 Å². The van der Waals surface area contributed by atoms with E-state index in [1.807, 2.05) is 20.8 Å². The SMILES string of the molecule is Cc1ccc([N+](=O)[O-])c(NC(=O)CNC(C)C)c1. The Labute approximate surface area is 106 Å². The molecule has 0 aromatic heterocycles. The predicted molar refractivity (Wildman–Crippen MR) is 69.6 cm³/mol. The fraction of sp³-hybridized carbons (Fsp3) is 0.417. The summed E-state index contributed by atoms with van der Waals surface area (Å²) >= 11 is 0. The molecule has 6 nitrogen and oxygen atoms in total. The fourth-order valence-corrected chi connectivity index (χ4v) is 1.40. The first-order chi connectivity index (χ1) is 8.40. The van der Waals surface area contributed by atoms with E-state index in [1.54, 1.807) is 12.1 Å². The third-order valence-corrected chi connectivity index (χ3v) is 2.29. The lowest BCUT2D eigenvalue weighted by molar-refractivity contribution is -0.383. The van der Waals surface area contributed by atoms with Gasteiger partial charge in [0.15, 0.2) is 0 Å². The van der Waals surface area contributed by atoms with Gasteiger partial charge in [-0.3, -0.25) is 14.9 Å². The van der Waals surface area contributed by atoms with Gasteiger partial charge in [0.1, 0.15) is 5.69 Å². The van der Waals surface area contributed by atoms with Gasteiger partial charge in [0.05, 0.1) is 11.5 Å². The van der Waals surface area contributed by atoms with Crippen molar-refractivity contribution in [3.05, 3.63) is 33.9 Å². The maximum absolute atomic E-state index is 11.6. The molecule has 2 N–H and O–H groups in total. The van der Waals surface area contributed by atoms with Crippen LogP contribution in [0.4, 0.5) is 11.4 Å². The van der Waals surface area contributed by atoms with Gasteiger partial charge in [0.25, 0.3) is 5.69 Å². The summed E-state index contributed by atoms with van der Waals surface area (Å²) in [4.78, 5) is 21.9. The van der Waals surface area contributed by atoms with Crippen molar-refractivity contribution in [3.63, 3.8) is 0 Å². The number of nitrogens with zero attached hydrogens (tertiary/aromatic N) is 1. The van der Waals surface area contributed by atoms with Crippen molar-refractivity contribution >= 4 is 17.3 Å². The van der Waals surface area contributed by atoms with Gasteiger partial charge in [-0.15, -0.1) is 0 Å². The van der Waals surface area contributed by atoms with Crippen molar-refractivity contribution in [2.45, 2.75) is 26.8 Å². The monoisotopic (exact) mass is 251 g/mol. The van der Waals surface area contributed by atoms with Gasteiger partial charge in [-0.25, -0.2) is 0 Å². The van der Waals surface area contributed by atoms with E-state index < -0.39 is 4.92 Å². The Bertz CT molecular complexity index is 458. The first kappa shape index (κ1) is 14.1. The van der Waals surface area contributed by atoms with E-state index in [4.69, 9.17) is 0 Å². The Hall–Kier alpha value is -1.95. The number of anilines is 1. The van der Waals surface area contributed by atoms with Gasteiger partial charge in [0, 0.05) is 12.1 Å². The van der Waals surface area contributed by atoms with Crippen LogP contribution in [0.1, 0.15) is 19.4 Å². The topological polar surface area (TPSA) is 84.3 Å². The smallest absolute Gasteiger partial charge is 0.292 e. The highest BCUT2D eigenvalue weighted by Gasteiger charge is 2.15. The van der Waals surface area contributed by atoms with E-state index in [-0.39, 0.29) is 29.9 Å². The zero-order valence-corrected chi connectivity index (χ0v) is 10.7. The summed E-state index contributed by atoms with van der Waals surface area (Å²) in [7, 11) is 0.